The Kier molecular flexibility index (Phi) is 29.3. The smallest absolute Gasteiger partial charge is 0.320 e. The zero-order chi connectivity index (χ0) is 32.9. The lowest BCUT2D eigenvalue weighted by Gasteiger charge is -2.39. The Labute approximate surface area is 284 Å². The third-order valence-electron chi connectivity index (χ3n) is 9.01. The lowest BCUT2D eigenvalue weighted by Crippen LogP contribution is -2.54. The van der Waals surface area contributed by atoms with Gasteiger partial charge in [-0.2, -0.15) is 0 Å². The van der Waals surface area contributed by atoms with E-state index in [1.165, 1.54) is 89.9 Å². The molecule has 0 N–H and O–H groups in total. The van der Waals surface area contributed by atoms with Crippen LogP contribution in [0, 0.1) is 5.92 Å². The van der Waals surface area contributed by atoms with Crippen LogP contribution in [0.5, 0.6) is 0 Å². The Hall–Kier alpha value is -0.660. The summed E-state index contributed by atoms with van der Waals surface area (Å²) >= 11 is 11.2. The summed E-state index contributed by atoms with van der Waals surface area (Å²) in [6.07, 6.45) is 26.9. The number of carbonyl (C=O) groups excluding carboxylic acids is 2. The number of ether oxygens (including phenoxy) is 2. The van der Waals surface area contributed by atoms with Crippen LogP contribution in [0.15, 0.2) is 0 Å². The van der Waals surface area contributed by atoms with E-state index in [-0.39, 0.29) is 22.3 Å². The van der Waals surface area contributed by atoms with Crippen molar-refractivity contribution in [3.8, 4) is 0 Å². The number of quaternary nitrogens is 1. The summed E-state index contributed by atoms with van der Waals surface area (Å²) in [5.74, 6) is -1.59. The average molecular weight is 659 g/mol. The van der Waals surface area contributed by atoms with E-state index in [0.29, 0.717) is 18.2 Å². The molecule has 0 spiro atoms. The monoisotopic (exact) mass is 658 g/mol. The molecular formula is C37H72NO4S2+. The zero-order valence-electron chi connectivity index (χ0n) is 29.7. The van der Waals surface area contributed by atoms with Gasteiger partial charge in [-0.3, -0.25) is 9.59 Å². The minimum absolute atomic E-state index is 0.0704. The van der Waals surface area contributed by atoms with Crippen LogP contribution in [-0.2, 0) is 19.1 Å². The summed E-state index contributed by atoms with van der Waals surface area (Å²) < 4.78 is 11.6. The number of unbranched alkanes of at least 4 members (excludes halogenated alkanes) is 19. The largest absolute Gasteiger partial charge is 0.466 e. The minimum atomic E-state index is -0.822. The van der Waals surface area contributed by atoms with Crippen LogP contribution in [0.4, 0.5) is 0 Å². The Bertz CT molecular complexity index is 720. The molecule has 0 radical (unpaired) electrons. The summed E-state index contributed by atoms with van der Waals surface area (Å²) in [6, 6.07) is 0.123. The van der Waals surface area contributed by atoms with Gasteiger partial charge in [-0.15, -0.1) is 0 Å². The maximum Gasteiger partial charge on any atom is 0.320 e. The van der Waals surface area contributed by atoms with Crippen molar-refractivity contribution in [1.29, 1.82) is 0 Å². The number of hydrogen-bond acceptors (Lipinski definition) is 6. The van der Waals surface area contributed by atoms with Crippen molar-refractivity contribution in [3.05, 3.63) is 0 Å². The van der Waals surface area contributed by atoms with Crippen LogP contribution in [0.1, 0.15) is 189 Å². The van der Waals surface area contributed by atoms with Crippen LogP contribution in [-0.4, -0.2) is 46.6 Å². The first kappa shape index (κ1) is 43.3. The molecule has 0 amide bonds. The lowest BCUT2D eigenvalue weighted by molar-refractivity contribution is -0.724. The zero-order valence-corrected chi connectivity index (χ0v) is 31.4. The fourth-order valence-electron chi connectivity index (χ4n) is 5.68. The number of nitrogens with zero attached hydrogens (tertiary/aromatic N) is 1. The van der Waals surface area contributed by atoms with Gasteiger partial charge in [-0.05, 0) is 51.2 Å². The molecule has 0 saturated carbocycles. The van der Waals surface area contributed by atoms with Gasteiger partial charge >= 0.3 is 11.9 Å². The second-order valence-corrected chi connectivity index (χ2v) is 14.1. The van der Waals surface area contributed by atoms with Crippen molar-refractivity contribution >= 4 is 42.0 Å². The molecule has 0 aliphatic heterocycles. The van der Waals surface area contributed by atoms with E-state index in [9.17, 15) is 9.59 Å². The molecule has 0 aromatic heterocycles. The Morgan fingerprint density at radius 3 is 1.43 bits per heavy atom. The molecule has 44 heavy (non-hydrogen) atoms. The quantitative estimate of drug-likeness (QED) is 0.0264. The average Bonchev–Trinajstić information content (AvgIpc) is 3.02. The second-order valence-electron chi connectivity index (χ2n) is 13.0. The molecule has 0 aliphatic rings. The summed E-state index contributed by atoms with van der Waals surface area (Å²) in [7, 11) is 0. The van der Waals surface area contributed by atoms with Gasteiger partial charge < -0.3 is 9.47 Å². The predicted octanol–water partition coefficient (Wildman–Crippen LogP) is 11.5. The number of thiocarbonyl (C=S) groups is 1. The van der Waals surface area contributed by atoms with Crippen LogP contribution in [0.25, 0.3) is 0 Å². The number of carbonyl (C=O) groups is 2. The van der Waals surface area contributed by atoms with E-state index < -0.39 is 11.9 Å². The van der Waals surface area contributed by atoms with E-state index in [1.54, 1.807) is 0 Å². The van der Waals surface area contributed by atoms with Crippen molar-refractivity contribution in [2.24, 2.45) is 5.92 Å². The standard InChI is InChI=1S/C37H72NO4S2/c1-6-10-13-16-19-20-21-22-23-26-29-38(44,33(5)9-4)36(43)34(37(40)42-31-28-25-18-15-12-8-3)32-35(39)41-30-27-24-17-14-11-7-2/h33-34,44H,6-32H2,1-5H3/q+1. The van der Waals surface area contributed by atoms with Gasteiger partial charge in [0.1, 0.15) is 6.04 Å². The summed E-state index contributed by atoms with van der Waals surface area (Å²) in [4.78, 5) is 26.9. The molecule has 0 rings (SSSR count). The summed E-state index contributed by atoms with van der Waals surface area (Å²) in [5.41, 5.74) is 0. The van der Waals surface area contributed by atoms with Gasteiger partial charge in [-0.25, -0.2) is 3.89 Å². The molecule has 5 nitrogen and oxygen atoms in total. The SMILES string of the molecule is CCCCCCCCCCCC[N+](S)(C(=S)C(CC(=O)OCCCCCCCC)C(=O)OCCCCCCCC)C(C)CC. The van der Waals surface area contributed by atoms with Gasteiger partial charge in [0.25, 0.3) is 0 Å². The third kappa shape index (κ3) is 21.2. The number of rotatable bonds is 31. The molecule has 0 saturated heterocycles. The molecule has 0 fully saturated rings. The van der Waals surface area contributed by atoms with Gasteiger partial charge in [0.2, 0.25) is 4.99 Å². The number of hydrogen-bond donors (Lipinski definition) is 1. The van der Waals surface area contributed by atoms with Gasteiger partial charge in [0.15, 0.2) is 5.92 Å². The fraction of sp³-hybridized carbons (Fsp3) is 0.919. The molecule has 3 atom stereocenters. The lowest BCUT2D eigenvalue weighted by atomic mass is 10.0. The molecule has 3 unspecified atom stereocenters. The third-order valence-corrected chi connectivity index (χ3v) is 10.6. The summed E-state index contributed by atoms with van der Waals surface area (Å²) in [6.45, 7) is 12.5. The van der Waals surface area contributed by atoms with Crippen molar-refractivity contribution in [2.75, 3.05) is 19.8 Å². The molecule has 0 heterocycles. The van der Waals surface area contributed by atoms with E-state index in [1.807, 2.05) is 0 Å². The van der Waals surface area contributed by atoms with Crippen LogP contribution >= 0.6 is 25.0 Å². The van der Waals surface area contributed by atoms with E-state index in [4.69, 9.17) is 34.5 Å². The molecule has 0 aromatic carbocycles. The molecular weight excluding hydrogens is 587 g/mol. The summed E-state index contributed by atoms with van der Waals surface area (Å²) in [5, 5.41) is 0. The normalized spacial score (nSPS) is 14.1. The van der Waals surface area contributed by atoms with E-state index >= 15 is 0 Å². The molecule has 0 bridgehead atoms. The van der Waals surface area contributed by atoms with Crippen LogP contribution in [0.2, 0.25) is 0 Å². The molecule has 0 aliphatic carbocycles. The highest BCUT2D eigenvalue weighted by Gasteiger charge is 2.44. The first-order chi connectivity index (χ1) is 21.3. The highest BCUT2D eigenvalue weighted by molar-refractivity contribution is 7.82. The highest BCUT2D eigenvalue weighted by atomic mass is 32.1. The van der Waals surface area contributed by atoms with Gasteiger partial charge in [0, 0.05) is 0 Å². The first-order valence-corrected chi connectivity index (χ1v) is 19.6. The number of thiol groups is 1. The van der Waals surface area contributed by atoms with Gasteiger partial charge in [0.05, 0.1) is 39.0 Å². The number of esters is 2. The fourth-order valence-corrected chi connectivity index (χ4v) is 6.58. The van der Waals surface area contributed by atoms with Crippen molar-refractivity contribution in [2.45, 2.75) is 195 Å². The Morgan fingerprint density at radius 2 is 1.00 bits per heavy atom. The Balaban J connectivity index is 5.19. The molecule has 0 aromatic rings. The van der Waals surface area contributed by atoms with E-state index in [0.717, 1.165) is 64.3 Å². The first-order valence-electron chi connectivity index (χ1n) is 18.7. The van der Waals surface area contributed by atoms with Crippen molar-refractivity contribution in [1.82, 2.24) is 0 Å². The predicted molar refractivity (Wildman–Crippen MR) is 195 cm³/mol. The maximum absolute atomic E-state index is 13.5. The Morgan fingerprint density at radius 1 is 0.614 bits per heavy atom. The second kappa shape index (κ2) is 29.7. The van der Waals surface area contributed by atoms with Crippen LogP contribution < -0.4 is 0 Å². The maximum atomic E-state index is 13.5. The van der Waals surface area contributed by atoms with Gasteiger partial charge in [-0.1, -0.05) is 143 Å². The highest BCUT2D eigenvalue weighted by Crippen LogP contribution is 2.30. The van der Waals surface area contributed by atoms with Crippen LogP contribution in [0.3, 0.4) is 0 Å². The molecule has 7 heteroatoms. The molecule has 260 valence electrons. The topological polar surface area (TPSA) is 52.6 Å². The van der Waals surface area contributed by atoms with Crippen molar-refractivity contribution < 1.29 is 23.0 Å². The van der Waals surface area contributed by atoms with Crippen molar-refractivity contribution in [3.63, 3.8) is 0 Å². The minimum Gasteiger partial charge on any atom is -0.466 e. The van der Waals surface area contributed by atoms with E-state index in [2.05, 4.69) is 34.6 Å².